The largest absolute Gasteiger partial charge is 0.459 e. The highest BCUT2D eigenvalue weighted by atomic mass is 19.2. The lowest BCUT2D eigenvalue weighted by atomic mass is 10.0. The average Bonchev–Trinajstić information content (AvgIpc) is 2.89. The van der Waals surface area contributed by atoms with Gasteiger partial charge in [0, 0.05) is 5.39 Å². The normalized spacial score (nSPS) is 12.8. The zero-order chi connectivity index (χ0) is 15.0. The van der Waals surface area contributed by atoms with Gasteiger partial charge in [0.15, 0.2) is 17.5 Å². The van der Waals surface area contributed by atoms with Gasteiger partial charge in [-0.15, -0.1) is 0 Å². The molecule has 21 heavy (non-hydrogen) atoms. The molecule has 0 bridgehead atoms. The van der Waals surface area contributed by atoms with Gasteiger partial charge < -0.3 is 9.73 Å². The van der Waals surface area contributed by atoms with Gasteiger partial charge in [-0.1, -0.05) is 18.2 Å². The molecule has 2 nitrogen and oxygen atoms in total. The first-order valence-electron chi connectivity index (χ1n) is 6.40. The molecule has 0 fully saturated rings. The van der Waals surface area contributed by atoms with Crippen LogP contribution in [-0.2, 0) is 0 Å². The summed E-state index contributed by atoms with van der Waals surface area (Å²) in [5.41, 5.74) is 0.934. The maximum Gasteiger partial charge on any atom is 0.194 e. The Morgan fingerprint density at radius 1 is 1.00 bits per heavy atom. The molecule has 1 heterocycles. The summed E-state index contributed by atoms with van der Waals surface area (Å²) in [5.74, 6) is -3.41. The van der Waals surface area contributed by atoms with Gasteiger partial charge >= 0.3 is 0 Å². The molecule has 0 saturated carbocycles. The molecule has 108 valence electrons. The average molecular weight is 291 g/mol. The van der Waals surface area contributed by atoms with Gasteiger partial charge in [0.25, 0.3) is 0 Å². The minimum atomic E-state index is -1.47. The molecule has 0 radical (unpaired) electrons. The van der Waals surface area contributed by atoms with E-state index in [1.807, 2.05) is 18.2 Å². The first kappa shape index (κ1) is 13.7. The summed E-state index contributed by atoms with van der Waals surface area (Å²) in [5, 5.41) is 3.80. The highest BCUT2D eigenvalue weighted by Gasteiger charge is 2.20. The van der Waals surface area contributed by atoms with Crippen molar-refractivity contribution < 1.29 is 17.6 Å². The Morgan fingerprint density at radius 2 is 1.67 bits per heavy atom. The number of furan rings is 1. The number of fused-ring (bicyclic) bond motifs is 1. The fourth-order valence-corrected chi connectivity index (χ4v) is 2.36. The summed E-state index contributed by atoms with van der Waals surface area (Å²) in [6.07, 6.45) is 0. The molecule has 1 atom stereocenters. The van der Waals surface area contributed by atoms with E-state index in [9.17, 15) is 13.2 Å². The molecule has 1 unspecified atom stereocenters. The third kappa shape index (κ3) is 2.40. The van der Waals surface area contributed by atoms with Crippen molar-refractivity contribution in [3.8, 4) is 0 Å². The molecule has 0 saturated heterocycles. The molecule has 0 amide bonds. The van der Waals surface area contributed by atoms with Gasteiger partial charge in [-0.2, -0.15) is 0 Å². The maximum absolute atomic E-state index is 13.4. The molecule has 3 rings (SSSR count). The monoisotopic (exact) mass is 291 g/mol. The summed E-state index contributed by atoms with van der Waals surface area (Å²) >= 11 is 0. The van der Waals surface area contributed by atoms with Gasteiger partial charge in [-0.05, 0) is 36.9 Å². The van der Waals surface area contributed by atoms with Crippen LogP contribution in [0.4, 0.5) is 13.2 Å². The van der Waals surface area contributed by atoms with E-state index in [2.05, 4.69) is 5.32 Å². The van der Waals surface area contributed by atoms with E-state index in [0.717, 1.165) is 17.5 Å². The molecule has 3 aromatic rings. The van der Waals surface area contributed by atoms with E-state index in [1.54, 1.807) is 19.2 Å². The molecule has 1 N–H and O–H groups in total. The van der Waals surface area contributed by atoms with Crippen molar-refractivity contribution in [2.75, 3.05) is 7.05 Å². The van der Waals surface area contributed by atoms with Crippen LogP contribution >= 0.6 is 0 Å². The minimum Gasteiger partial charge on any atom is -0.459 e. The molecule has 0 aliphatic rings. The van der Waals surface area contributed by atoms with Gasteiger partial charge in [0.05, 0.1) is 6.04 Å². The van der Waals surface area contributed by atoms with Crippen molar-refractivity contribution >= 4 is 11.0 Å². The van der Waals surface area contributed by atoms with Crippen LogP contribution in [0.2, 0.25) is 0 Å². The Morgan fingerprint density at radius 3 is 2.29 bits per heavy atom. The molecule has 2 aromatic carbocycles. The Kier molecular flexibility index (Phi) is 3.43. The summed E-state index contributed by atoms with van der Waals surface area (Å²) in [7, 11) is 1.64. The van der Waals surface area contributed by atoms with E-state index >= 15 is 0 Å². The topological polar surface area (TPSA) is 25.2 Å². The molecular weight excluding hydrogens is 279 g/mol. The number of hydrogen-bond acceptors (Lipinski definition) is 2. The lowest BCUT2D eigenvalue weighted by Gasteiger charge is -2.14. The lowest BCUT2D eigenvalue weighted by molar-refractivity contribution is 0.438. The number of hydrogen-bond donors (Lipinski definition) is 1. The predicted molar refractivity (Wildman–Crippen MR) is 73.4 cm³/mol. The van der Waals surface area contributed by atoms with E-state index in [-0.39, 0.29) is 5.56 Å². The zero-order valence-electron chi connectivity index (χ0n) is 11.2. The molecule has 0 spiro atoms. The fourth-order valence-electron chi connectivity index (χ4n) is 2.36. The Labute approximate surface area is 119 Å². The SMILES string of the molecule is CNC(c1cc(F)c(F)c(F)c1)c1cc2ccccc2o1. The first-order chi connectivity index (χ1) is 10.1. The van der Waals surface area contributed by atoms with E-state index < -0.39 is 23.5 Å². The van der Waals surface area contributed by atoms with Gasteiger partial charge in [-0.3, -0.25) is 0 Å². The van der Waals surface area contributed by atoms with E-state index in [1.165, 1.54) is 0 Å². The molecule has 1 aromatic heterocycles. The van der Waals surface area contributed by atoms with Crippen molar-refractivity contribution in [3.63, 3.8) is 0 Å². The molecular formula is C16H12F3NO. The number of para-hydroxylation sites is 1. The fraction of sp³-hybridized carbons (Fsp3) is 0.125. The molecule has 5 heteroatoms. The maximum atomic E-state index is 13.4. The van der Waals surface area contributed by atoms with Crippen molar-refractivity contribution in [2.45, 2.75) is 6.04 Å². The summed E-state index contributed by atoms with van der Waals surface area (Å²) in [4.78, 5) is 0. The number of halogens is 3. The summed E-state index contributed by atoms with van der Waals surface area (Å²) in [6, 6.07) is 10.5. The van der Waals surface area contributed by atoms with E-state index in [4.69, 9.17) is 4.42 Å². The van der Waals surface area contributed by atoms with E-state index in [0.29, 0.717) is 11.3 Å². The number of benzene rings is 2. The Balaban J connectivity index is 2.09. The van der Waals surface area contributed by atoms with Crippen molar-refractivity contribution in [1.82, 2.24) is 5.32 Å². The van der Waals surface area contributed by atoms with Crippen LogP contribution in [0.15, 0.2) is 46.9 Å². The molecule has 0 aliphatic carbocycles. The third-order valence-electron chi connectivity index (χ3n) is 3.36. The van der Waals surface area contributed by atoms with Crippen LogP contribution in [0.3, 0.4) is 0 Å². The second-order valence-corrected chi connectivity index (χ2v) is 4.71. The smallest absolute Gasteiger partial charge is 0.194 e. The quantitative estimate of drug-likeness (QED) is 0.733. The van der Waals surface area contributed by atoms with Crippen LogP contribution in [0, 0.1) is 17.5 Å². The zero-order valence-corrected chi connectivity index (χ0v) is 11.2. The van der Waals surface area contributed by atoms with Gasteiger partial charge in [-0.25, -0.2) is 13.2 Å². The Bertz CT molecular complexity index is 741. The van der Waals surface area contributed by atoms with Crippen molar-refractivity contribution in [2.24, 2.45) is 0 Å². The van der Waals surface area contributed by atoms with Crippen molar-refractivity contribution in [1.29, 1.82) is 0 Å². The summed E-state index contributed by atoms with van der Waals surface area (Å²) < 4.78 is 45.5. The number of nitrogens with one attached hydrogen (secondary N) is 1. The van der Waals surface area contributed by atoms with Crippen LogP contribution in [0.25, 0.3) is 11.0 Å². The van der Waals surface area contributed by atoms with Crippen LogP contribution in [0.1, 0.15) is 17.4 Å². The lowest BCUT2D eigenvalue weighted by Crippen LogP contribution is -2.17. The second-order valence-electron chi connectivity index (χ2n) is 4.71. The number of rotatable bonds is 3. The molecule has 0 aliphatic heterocycles. The van der Waals surface area contributed by atoms with Crippen LogP contribution in [-0.4, -0.2) is 7.05 Å². The van der Waals surface area contributed by atoms with Crippen molar-refractivity contribution in [3.05, 3.63) is 71.2 Å². The highest BCUT2D eigenvalue weighted by molar-refractivity contribution is 5.77. The van der Waals surface area contributed by atoms with Gasteiger partial charge in [0.2, 0.25) is 0 Å². The van der Waals surface area contributed by atoms with Gasteiger partial charge in [0.1, 0.15) is 11.3 Å². The third-order valence-corrected chi connectivity index (χ3v) is 3.36. The standard InChI is InChI=1S/C16H12F3NO/c1-20-16(10-6-11(17)15(19)12(18)7-10)14-8-9-4-2-3-5-13(9)21-14/h2-8,16,20H,1H3. The minimum absolute atomic E-state index is 0.257. The highest BCUT2D eigenvalue weighted by Crippen LogP contribution is 2.29. The summed E-state index contributed by atoms with van der Waals surface area (Å²) in [6.45, 7) is 0. The predicted octanol–water partition coefficient (Wildman–Crippen LogP) is 4.16. The van der Waals surface area contributed by atoms with Crippen LogP contribution in [0.5, 0.6) is 0 Å². The first-order valence-corrected chi connectivity index (χ1v) is 6.40. The second kappa shape index (κ2) is 5.26. The Hall–Kier alpha value is -2.27. The van der Waals surface area contributed by atoms with Crippen LogP contribution < -0.4 is 5.32 Å².